The number of urea groups is 1. The number of aliphatic carboxylic acids is 1. The third-order valence-electron chi connectivity index (χ3n) is 3.61. The van der Waals surface area contributed by atoms with Gasteiger partial charge in [0.1, 0.15) is 0 Å². The van der Waals surface area contributed by atoms with E-state index in [1.54, 1.807) is 13.2 Å². The fourth-order valence-electron chi connectivity index (χ4n) is 2.24. The average Bonchev–Trinajstić information content (AvgIpc) is 3.10. The Morgan fingerprint density at radius 3 is 2.60 bits per heavy atom. The van der Waals surface area contributed by atoms with Gasteiger partial charge in [0, 0.05) is 24.3 Å². The van der Waals surface area contributed by atoms with Gasteiger partial charge in [-0.3, -0.25) is 4.68 Å². The summed E-state index contributed by atoms with van der Waals surface area (Å²) in [6.07, 6.45) is 5.20. The van der Waals surface area contributed by atoms with Crippen molar-refractivity contribution >= 4 is 12.0 Å². The first-order valence-corrected chi connectivity index (χ1v) is 6.59. The Labute approximate surface area is 117 Å². The number of hydrogen-bond acceptors (Lipinski definition) is 3. The van der Waals surface area contributed by atoms with E-state index in [0.717, 1.165) is 12.8 Å². The van der Waals surface area contributed by atoms with E-state index in [2.05, 4.69) is 15.7 Å². The van der Waals surface area contributed by atoms with E-state index in [0.29, 0.717) is 11.5 Å². The van der Waals surface area contributed by atoms with Gasteiger partial charge in [0.25, 0.3) is 0 Å². The van der Waals surface area contributed by atoms with Crippen LogP contribution >= 0.6 is 0 Å². The number of carboxylic acid groups (broad SMARTS) is 1. The van der Waals surface area contributed by atoms with Crippen molar-refractivity contribution in [2.24, 2.45) is 13.0 Å². The van der Waals surface area contributed by atoms with E-state index < -0.39 is 18.0 Å². The summed E-state index contributed by atoms with van der Waals surface area (Å²) in [6, 6.07) is -1.57. The van der Waals surface area contributed by atoms with Gasteiger partial charge in [-0.2, -0.15) is 5.10 Å². The molecule has 7 nitrogen and oxygen atoms in total. The van der Waals surface area contributed by atoms with Crippen molar-refractivity contribution in [1.82, 2.24) is 20.4 Å². The Morgan fingerprint density at radius 1 is 1.50 bits per heavy atom. The van der Waals surface area contributed by atoms with Crippen molar-refractivity contribution in [1.29, 1.82) is 0 Å². The highest BCUT2D eigenvalue weighted by Crippen LogP contribution is 2.39. The molecule has 1 atom stereocenters. The molecular formula is C13H20N4O3. The summed E-state index contributed by atoms with van der Waals surface area (Å²) in [5, 5.41) is 18.5. The van der Waals surface area contributed by atoms with E-state index in [4.69, 9.17) is 0 Å². The number of carbonyl (C=O) groups is 2. The molecule has 0 aromatic carbocycles. The van der Waals surface area contributed by atoms with Gasteiger partial charge in [0.05, 0.1) is 6.20 Å². The van der Waals surface area contributed by atoms with Crippen LogP contribution in [0.4, 0.5) is 4.79 Å². The molecule has 0 aliphatic heterocycles. The van der Waals surface area contributed by atoms with Crippen LogP contribution in [0.1, 0.15) is 38.3 Å². The fourth-order valence-corrected chi connectivity index (χ4v) is 2.24. The van der Waals surface area contributed by atoms with Gasteiger partial charge >= 0.3 is 12.0 Å². The van der Waals surface area contributed by atoms with E-state index in [9.17, 15) is 14.7 Å². The Balaban J connectivity index is 2.01. The van der Waals surface area contributed by atoms with Gasteiger partial charge in [-0.25, -0.2) is 9.59 Å². The first kappa shape index (κ1) is 14.4. The molecule has 1 aliphatic rings. The lowest BCUT2D eigenvalue weighted by molar-refractivity contribution is -0.139. The van der Waals surface area contributed by atoms with Crippen molar-refractivity contribution in [2.45, 2.75) is 38.3 Å². The van der Waals surface area contributed by atoms with Gasteiger partial charge in [-0.1, -0.05) is 0 Å². The minimum Gasteiger partial charge on any atom is -0.479 e. The maximum absolute atomic E-state index is 12.0. The molecule has 110 valence electrons. The van der Waals surface area contributed by atoms with Crippen LogP contribution in [-0.2, 0) is 11.8 Å². The SMILES string of the molecule is Cn1cc(C(NC(=O)NC(C)(C)C2CC2)C(=O)O)cn1. The zero-order chi connectivity index (χ0) is 14.9. The predicted molar refractivity (Wildman–Crippen MR) is 72.1 cm³/mol. The molecule has 2 amide bonds. The quantitative estimate of drug-likeness (QED) is 0.750. The highest BCUT2D eigenvalue weighted by molar-refractivity contribution is 5.83. The summed E-state index contributed by atoms with van der Waals surface area (Å²) >= 11 is 0. The van der Waals surface area contributed by atoms with Crippen LogP contribution in [0.15, 0.2) is 12.4 Å². The normalized spacial score (nSPS) is 16.6. The van der Waals surface area contributed by atoms with Gasteiger partial charge in [-0.15, -0.1) is 0 Å². The van der Waals surface area contributed by atoms with Crippen molar-refractivity contribution < 1.29 is 14.7 Å². The molecule has 1 aliphatic carbocycles. The minimum atomic E-state index is -1.11. The van der Waals surface area contributed by atoms with Gasteiger partial charge in [-0.05, 0) is 32.6 Å². The number of nitrogens with one attached hydrogen (secondary N) is 2. The summed E-state index contributed by atoms with van der Waals surface area (Å²) in [5.74, 6) is -0.646. The summed E-state index contributed by atoms with van der Waals surface area (Å²) in [7, 11) is 1.69. The molecule has 1 aromatic rings. The van der Waals surface area contributed by atoms with Crippen molar-refractivity contribution in [3.8, 4) is 0 Å². The summed E-state index contributed by atoms with van der Waals surface area (Å²) in [5.41, 5.74) is 0.126. The van der Waals surface area contributed by atoms with E-state index in [1.807, 2.05) is 13.8 Å². The molecule has 0 spiro atoms. The molecule has 20 heavy (non-hydrogen) atoms. The van der Waals surface area contributed by atoms with Crippen LogP contribution in [0.5, 0.6) is 0 Å². The van der Waals surface area contributed by atoms with Crippen LogP contribution in [0.3, 0.4) is 0 Å². The van der Waals surface area contributed by atoms with Gasteiger partial charge < -0.3 is 15.7 Å². The molecule has 0 bridgehead atoms. The lowest BCUT2D eigenvalue weighted by Crippen LogP contribution is -2.51. The largest absolute Gasteiger partial charge is 0.479 e. The second-order valence-electron chi connectivity index (χ2n) is 5.81. The maximum atomic E-state index is 12.0. The molecule has 1 saturated carbocycles. The molecule has 1 unspecified atom stereocenters. The summed E-state index contributed by atoms with van der Waals surface area (Å²) in [4.78, 5) is 23.3. The van der Waals surface area contributed by atoms with Crippen LogP contribution in [0.2, 0.25) is 0 Å². The van der Waals surface area contributed by atoms with E-state index in [1.165, 1.54) is 10.9 Å². The summed E-state index contributed by atoms with van der Waals surface area (Å²) in [6.45, 7) is 3.90. The van der Waals surface area contributed by atoms with Crippen molar-refractivity contribution in [3.05, 3.63) is 18.0 Å². The maximum Gasteiger partial charge on any atom is 0.331 e. The first-order chi connectivity index (χ1) is 9.29. The second kappa shape index (κ2) is 5.15. The standard InChI is InChI=1S/C13H20N4O3/c1-13(2,9-4-5-9)16-12(20)15-10(11(18)19)8-6-14-17(3)7-8/h6-7,9-10H,4-5H2,1-3H3,(H,18,19)(H2,15,16,20). The van der Waals surface area contributed by atoms with Crippen LogP contribution in [-0.4, -0.2) is 32.4 Å². The van der Waals surface area contributed by atoms with Crippen LogP contribution in [0, 0.1) is 5.92 Å². The average molecular weight is 280 g/mol. The van der Waals surface area contributed by atoms with E-state index in [-0.39, 0.29) is 5.54 Å². The van der Waals surface area contributed by atoms with Crippen LogP contribution in [0.25, 0.3) is 0 Å². The molecule has 1 aromatic heterocycles. The predicted octanol–water partition coefficient (Wildman–Crippen LogP) is 1.03. The van der Waals surface area contributed by atoms with E-state index >= 15 is 0 Å². The number of carbonyl (C=O) groups excluding carboxylic acids is 1. The zero-order valence-electron chi connectivity index (χ0n) is 11.9. The Hall–Kier alpha value is -2.05. The van der Waals surface area contributed by atoms with Gasteiger partial charge in [0.15, 0.2) is 6.04 Å². The highest BCUT2D eigenvalue weighted by atomic mass is 16.4. The number of hydrogen-bond donors (Lipinski definition) is 3. The third-order valence-corrected chi connectivity index (χ3v) is 3.61. The number of amides is 2. The summed E-state index contributed by atoms with van der Waals surface area (Å²) < 4.78 is 1.50. The molecule has 1 heterocycles. The third kappa shape index (κ3) is 3.28. The lowest BCUT2D eigenvalue weighted by atomic mass is 9.99. The second-order valence-corrected chi connectivity index (χ2v) is 5.81. The number of carboxylic acids is 1. The number of aromatic nitrogens is 2. The minimum absolute atomic E-state index is 0.317. The van der Waals surface area contributed by atoms with Crippen molar-refractivity contribution in [3.63, 3.8) is 0 Å². The lowest BCUT2D eigenvalue weighted by Gasteiger charge is -2.27. The first-order valence-electron chi connectivity index (χ1n) is 6.59. The Kier molecular flexibility index (Phi) is 3.69. The molecular weight excluding hydrogens is 260 g/mol. The molecule has 0 saturated heterocycles. The number of rotatable bonds is 5. The molecule has 0 radical (unpaired) electrons. The molecule has 2 rings (SSSR count). The molecule has 7 heteroatoms. The number of nitrogens with zero attached hydrogens (tertiary/aromatic N) is 2. The number of aryl methyl sites for hydroxylation is 1. The zero-order valence-corrected chi connectivity index (χ0v) is 11.9. The Morgan fingerprint density at radius 2 is 2.15 bits per heavy atom. The molecule has 1 fully saturated rings. The van der Waals surface area contributed by atoms with Crippen LogP contribution < -0.4 is 10.6 Å². The topological polar surface area (TPSA) is 96.2 Å². The monoisotopic (exact) mass is 280 g/mol. The smallest absolute Gasteiger partial charge is 0.331 e. The van der Waals surface area contributed by atoms with Crippen molar-refractivity contribution in [2.75, 3.05) is 0 Å². The highest BCUT2D eigenvalue weighted by Gasteiger charge is 2.39. The van der Waals surface area contributed by atoms with Gasteiger partial charge in [0.2, 0.25) is 0 Å². The fraction of sp³-hybridized carbons (Fsp3) is 0.615. The molecule has 3 N–H and O–H groups in total. The Bertz CT molecular complexity index is 519.